The number of nitrogens with zero attached hydrogens (tertiary/aromatic N) is 2. The predicted molar refractivity (Wildman–Crippen MR) is 88.0 cm³/mol. The summed E-state index contributed by atoms with van der Waals surface area (Å²) in [6.45, 7) is 11.8. The van der Waals surface area contributed by atoms with Crippen LogP contribution in [0.25, 0.3) is 0 Å². The largest absolute Gasteiger partial charge is 0.496 e. The van der Waals surface area contributed by atoms with Crippen LogP contribution in [0.1, 0.15) is 44.0 Å². The third-order valence-corrected chi connectivity index (χ3v) is 3.48. The van der Waals surface area contributed by atoms with Crippen LogP contribution in [0, 0.1) is 13.8 Å². The Bertz CT molecular complexity index is 485. The Hall–Kier alpha value is -1.78. The Morgan fingerprint density at radius 3 is 2.67 bits per heavy atom. The number of hydrogen-bond acceptors (Lipinski definition) is 3. The highest BCUT2D eigenvalue weighted by atomic mass is 16.5. The molecule has 1 unspecified atom stereocenters. The van der Waals surface area contributed by atoms with E-state index in [0.717, 1.165) is 41.5 Å². The van der Waals surface area contributed by atoms with Gasteiger partial charge in [0.1, 0.15) is 5.75 Å². The van der Waals surface area contributed by atoms with E-state index in [1.54, 1.807) is 7.11 Å². The number of aliphatic imine (C=N–C) groups is 1. The first kappa shape index (κ1) is 17.3. The summed E-state index contributed by atoms with van der Waals surface area (Å²) in [5.41, 5.74) is 3.05. The van der Waals surface area contributed by atoms with Crippen molar-refractivity contribution in [2.45, 2.75) is 53.6 Å². The molecule has 5 heteroatoms. The zero-order chi connectivity index (χ0) is 15.8. The fourth-order valence-electron chi connectivity index (χ4n) is 2.04. The minimum atomic E-state index is 0.393. The van der Waals surface area contributed by atoms with Crippen molar-refractivity contribution in [3.05, 3.63) is 23.0 Å². The van der Waals surface area contributed by atoms with E-state index < -0.39 is 0 Å². The molecule has 1 aromatic heterocycles. The van der Waals surface area contributed by atoms with Gasteiger partial charge in [-0.3, -0.25) is 4.98 Å². The predicted octanol–water partition coefficient (Wildman–Crippen LogP) is 2.56. The molecule has 0 aliphatic rings. The number of rotatable bonds is 6. The van der Waals surface area contributed by atoms with Gasteiger partial charge in [-0.25, -0.2) is 4.99 Å². The zero-order valence-electron chi connectivity index (χ0n) is 14.1. The van der Waals surface area contributed by atoms with Crippen molar-refractivity contribution in [3.8, 4) is 5.75 Å². The van der Waals surface area contributed by atoms with Crippen LogP contribution >= 0.6 is 0 Å². The lowest BCUT2D eigenvalue weighted by atomic mass is 10.1. The lowest BCUT2D eigenvalue weighted by Gasteiger charge is -2.16. The highest BCUT2D eigenvalue weighted by molar-refractivity contribution is 5.80. The fourth-order valence-corrected chi connectivity index (χ4v) is 2.04. The quantitative estimate of drug-likeness (QED) is 0.625. The summed E-state index contributed by atoms with van der Waals surface area (Å²) < 4.78 is 5.43. The number of nitrogens with one attached hydrogen (secondary N) is 2. The van der Waals surface area contributed by atoms with Gasteiger partial charge < -0.3 is 15.4 Å². The first-order valence-corrected chi connectivity index (χ1v) is 7.57. The summed E-state index contributed by atoms with van der Waals surface area (Å²) in [5.74, 6) is 1.72. The normalized spacial score (nSPS) is 13.0. The average molecular weight is 292 g/mol. The van der Waals surface area contributed by atoms with Crippen molar-refractivity contribution in [2.75, 3.05) is 13.7 Å². The minimum absolute atomic E-state index is 0.393. The summed E-state index contributed by atoms with van der Waals surface area (Å²) in [7, 11) is 1.69. The van der Waals surface area contributed by atoms with E-state index in [4.69, 9.17) is 4.74 Å². The molecule has 0 fully saturated rings. The first-order chi connectivity index (χ1) is 10.0. The summed E-state index contributed by atoms with van der Waals surface area (Å²) in [6.07, 6.45) is 2.89. The number of hydrogen-bond donors (Lipinski definition) is 2. The maximum absolute atomic E-state index is 5.43. The molecule has 0 aromatic carbocycles. The van der Waals surface area contributed by atoms with Gasteiger partial charge in [-0.2, -0.15) is 0 Å². The summed E-state index contributed by atoms with van der Waals surface area (Å²) in [5, 5.41) is 6.63. The smallest absolute Gasteiger partial charge is 0.191 e. The molecule has 0 saturated carbocycles. The molecule has 1 aromatic rings. The Balaban J connectivity index is 2.89. The molecule has 0 spiro atoms. The average Bonchev–Trinajstić information content (AvgIpc) is 2.46. The van der Waals surface area contributed by atoms with Crippen LogP contribution in [0.15, 0.2) is 11.2 Å². The molecule has 0 aliphatic heterocycles. The van der Waals surface area contributed by atoms with E-state index >= 15 is 0 Å². The fraction of sp³-hybridized carbons (Fsp3) is 0.625. The van der Waals surface area contributed by atoms with Gasteiger partial charge >= 0.3 is 0 Å². The van der Waals surface area contributed by atoms with Crippen LogP contribution in [0.5, 0.6) is 5.75 Å². The number of aryl methyl sites for hydroxylation is 1. The van der Waals surface area contributed by atoms with E-state index in [2.05, 4.69) is 41.4 Å². The van der Waals surface area contributed by atoms with Gasteiger partial charge in [0, 0.05) is 29.9 Å². The molecule has 0 bridgehead atoms. The monoisotopic (exact) mass is 292 g/mol. The maximum atomic E-state index is 5.43. The number of methoxy groups -OCH3 is 1. The lowest BCUT2D eigenvalue weighted by molar-refractivity contribution is 0.407. The minimum Gasteiger partial charge on any atom is -0.496 e. The van der Waals surface area contributed by atoms with Crippen molar-refractivity contribution in [2.24, 2.45) is 4.99 Å². The third-order valence-electron chi connectivity index (χ3n) is 3.48. The van der Waals surface area contributed by atoms with Crippen LogP contribution in [0.4, 0.5) is 0 Å². The zero-order valence-corrected chi connectivity index (χ0v) is 14.1. The third kappa shape index (κ3) is 4.92. The van der Waals surface area contributed by atoms with Gasteiger partial charge in [-0.15, -0.1) is 0 Å². The molecule has 118 valence electrons. The van der Waals surface area contributed by atoms with Crippen LogP contribution < -0.4 is 15.4 Å². The number of aromatic nitrogens is 1. The van der Waals surface area contributed by atoms with E-state index in [1.807, 2.05) is 20.0 Å². The second-order valence-electron chi connectivity index (χ2n) is 5.19. The van der Waals surface area contributed by atoms with Gasteiger partial charge in [-0.05, 0) is 34.1 Å². The molecule has 1 rings (SSSR count). The molecule has 0 saturated heterocycles. The van der Waals surface area contributed by atoms with Crippen LogP contribution in [0.3, 0.4) is 0 Å². The SMILES string of the molecule is CCNC(=NCc1ncc(C)c(OC)c1C)NC(C)CC. The molecule has 5 nitrogen and oxygen atoms in total. The van der Waals surface area contributed by atoms with Gasteiger partial charge in [0.05, 0.1) is 19.3 Å². The van der Waals surface area contributed by atoms with Gasteiger partial charge in [0.15, 0.2) is 5.96 Å². The van der Waals surface area contributed by atoms with E-state index in [1.165, 1.54) is 0 Å². The molecule has 0 radical (unpaired) electrons. The molecular formula is C16H28N4O. The molecule has 21 heavy (non-hydrogen) atoms. The summed E-state index contributed by atoms with van der Waals surface area (Å²) in [6, 6.07) is 0.393. The lowest BCUT2D eigenvalue weighted by Crippen LogP contribution is -2.42. The van der Waals surface area contributed by atoms with E-state index in [0.29, 0.717) is 12.6 Å². The van der Waals surface area contributed by atoms with E-state index in [9.17, 15) is 0 Å². The summed E-state index contributed by atoms with van der Waals surface area (Å²) >= 11 is 0. The number of ether oxygens (including phenoxy) is 1. The van der Waals surface area contributed by atoms with E-state index in [-0.39, 0.29) is 0 Å². The van der Waals surface area contributed by atoms with Crippen molar-refractivity contribution < 1.29 is 4.74 Å². The molecule has 2 N–H and O–H groups in total. The Morgan fingerprint density at radius 1 is 1.38 bits per heavy atom. The van der Waals surface area contributed by atoms with Crippen LogP contribution in [0.2, 0.25) is 0 Å². The topological polar surface area (TPSA) is 58.5 Å². The molecular weight excluding hydrogens is 264 g/mol. The maximum Gasteiger partial charge on any atom is 0.191 e. The van der Waals surface area contributed by atoms with Gasteiger partial charge in [0.25, 0.3) is 0 Å². The van der Waals surface area contributed by atoms with Gasteiger partial charge in [-0.1, -0.05) is 6.92 Å². The van der Waals surface area contributed by atoms with Crippen LogP contribution in [-0.2, 0) is 6.54 Å². The Labute approximate surface area is 128 Å². The van der Waals surface area contributed by atoms with Crippen molar-refractivity contribution in [1.29, 1.82) is 0 Å². The first-order valence-electron chi connectivity index (χ1n) is 7.57. The van der Waals surface area contributed by atoms with Gasteiger partial charge in [0.2, 0.25) is 0 Å². The second-order valence-corrected chi connectivity index (χ2v) is 5.19. The van der Waals surface area contributed by atoms with Crippen molar-refractivity contribution >= 4 is 5.96 Å². The second kappa shape index (κ2) is 8.49. The molecule has 0 amide bonds. The Morgan fingerprint density at radius 2 is 2.10 bits per heavy atom. The van der Waals surface area contributed by atoms with Crippen molar-refractivity contribution in [3.63, 3.8) is 0 Å². The Kier molecular flexibility index (Phi) is 6.99. The van der Waals surface area contributed by atoms with Crippen LogP contribution in [-0.4, -0.2) is 30.6 Å². The highest BCUT2D eigenvalue weighted by Gasteiger charge is 2.09. The molecule has 1 atom stereocenters. The molecule has 0 aliphatic carbocycles. The highest BCUT2D eigenvalue weighted by Crippen LogP contribution is 2.24. The standard InChI is InChI=1S/C16H28N4O/c1-7-12(4)20-16(17-8-2)19-10-14-13(5)15(21-6)11(3)9-18-14/h9,12H,7-8,10H2,1-6H3,(H2,17,19,20). The molecule has 1 heterocycles. The number of guanidine groups is 1. The summed E-state index contributed by atoms with van der Waals surface area (Å²) in [4.78, 5) is 9.09. The van der Waals surface area contributed by atoms with Crippen molar-refractivity contribution in [1.82, 2.24) is 15.6 Å². The number of pyridine rings is 1.